The third-order valence-electron chi connectivity index (χ3n) is 4.98. The minimum Gasteiger partial charge on any atom is -0.385 e. The van der Waals surface area contributed by atoms with Gasteiger partial charge >= 0.3 is 0 Å². The molecular weight excluding hydrogens is 401 g/mol. The fourth-order valence-corrected chi connectivity index (χ4v) is 3.46. The Hall–Kier alpha value is -3.46. The van der Waals surface area contributed by atoms with Crippen LogP contribution >= 0.6 is 0 Å². The second kappa shape index (κ2) is 9.57. The number of amidine groups is 1. The number of amides is 1. The highest BCUT2D eigenvalue weighted by Crippen LogP contribution is 2.31. The number of anilines is 1. The molecule has 0 bridgehead atoms. The van der Waals surface area contributed by atoms with E-state index in [-0.39, 0.29) is 37.0 Å². The molecule has 1 unspecified atom stereocenters. The van der Waals surface area contributed by atoms with Gasteiger partial charge < -0.3 is 26.0 Å². The summed E-state index contributed by atoms with van der Waals surface area (Å²) in [6, 6.07) is 5.29. The fraction of sp³-hybridized carbons (Fsp3) is 0.318. The van der Waals surface area contributed by atoms with Crippen molar-refractivity contribution in [3.05, 3.63) is 64.7 Å². The number of allylic oxidation sites excluding steroid dienone is 3. The molecule has 0 radical (unpaired) electrons. The lowest BCUT2D eigenvalue weighted by Gasteiger charge is -2.26. The maximum absolute atomic E-state index is 14.2. The number of hydrogen-bond acceptors (Lipinski definition) is 6. The number of fused-ring (bicyclic) bond motifs is 1. The Morgan fingerprint density at radius 1 is 1.35 bits per heavy atom. The van der Waals surface area contributed by atoms with E-state index in [1.807, 2.05) is 6.92 Å². The van der Waals surface area contributed by atoms with Crippen LogP contribution < -0.4 is 16.4 Å². The zero-order valence-electron chi connectivity index (χ0n) is 17.5. The van der Waals surface area contributed by atoms with E-state index in [0.717, 1.165) is 11.3 Å². The molecule has 5 N–H and O–H groups in total. The monoisotopic (exact) mass is 427 g/mol. The van der Waals surface area contributed by atoms with E-state index >= 15 is 0 Å². The number of nitrogens with one attached hydrogen (secondary N) is 3. The topological polar surface area (TPSA) is 121 Å². The average Bonchev–Trinajstić information content (AvgIpc) is 3.18. The van der Waals surface area contributed by atoms with E-state index in [2.05, 4.69) is 10.6 Å². The summed E-state index contributed by atoms with van der Waals surface area (Å²) in [5.41, 5.74) is 8.57. The lowest BCUT2D eigenvalue weighted by molar-refractivity contribution is -0.142. The molecule has 1 amide bonds. The molecule has 9 heteroatoms. The molecule has 0 saturated carbocycles. The number of benzene rings is 1. The number of nitrogens with two attached hydrogens (primary N) is 1. The Bertz CT molecular complexity index is 999. The van der Waals surface area contributed by atoms with Crippen molar-refractivity contribution >= 4 is 23.2 Å². The van der Waals surface area contributed by atoms with Gasteiger partial charge in [-0.1, -0.05) is 12.1 Å². The number of carbonyl (C=O) groups excluding carboxylic acids is 2. The quantitative estimate of drug-likeness (QED) is 0.353. The van der Waals surface area contributed by atoms with Crippen LogP contribution in [0.15, 0.2) is 53.5 Å². The van der Waals surface area contributed by atoms with Gasteiger partial charge in [-0.25, -0.2) is 4.39 Å². The van der Waals surface area contributed by atoms with Gasteiger partial charge in [0.25, 0.3) is 5.91 Å². The number of hydrogen-bond donors (Lipinski definition) is 4. The molecule has 3 rings (SSSR count). The van der Waals surface area contributed by atoms with Crippen LogP contribution in [0, 0.1) is 5.41 Å². The Labute approximate surface area is 180 Å². The molecule has 0 aromatic heterocycles. The van der Waals surface area contributed by atoms with Crippen molar-refractivity contribution in [2.75, 3.05) is 25.0 Å². The lowest BCUT2D eigenvalue weighted by atomic mass is 10.0. The highest BCUT2D eigenvalue weighted by molar-refractivity contribution is 6.05. The van der Waals surface area contributed by atoms with Crippen LogP contribution in [0.25, 0.3) is 0 Å². The highest BCUT2D eigenvalue weighted by Gasteiger charge is 2.33. The van der Waals surface area contributed by atoms with Crippen LogP contribution in [0.4, 0.5) is 10.1 Å². The number of rotatable bonds is 9. The molecule has 1 heterocycles. The molecule has 1 aromatic rings. The van der Waals surface area contributed by atoms with E-state index < -0.39 is 17.8 Å². The summed E-state index contributed by atoms with van der Waals surface area (Å²) in [6.07, 6.45) is 3.38. The van der Waals surface area contributed by atoms with E-state index in [0.29, 0.717) is 17.7 Å². The number of halogens is 1. The third kappa shape index (κ3) is 4.83. The molecule has 8 nitrogen and oxygen atoms in total. The molecule has 1 aliphatic heterocycles. The summed E-state index contributed by atoms with van der Waals surface area (Å²) in [6.45, 7) is 4.96. The predicted molar refractivity (Wildman–Crippen MR) is 116 cm³/mol. The minimum atomic E-state index is -0.967. The molecule has 31 heavy (non-hydrogen) atoms. The van der Waals surface area contributed by atoms with Gasteiger partial charge in [-0.2, -0.15) is 0 Å². The van der Waals surface area contributed by atoms with Crippen LogP contribution in [0.2, 0.25) is 0 Å². The van der Waals surface area contributed by atoms with Gasteiger partial charge in [0.05, 0.1) is 0 Å². The highest BCUT2D eigenvalue weighted by atomic mass is 19.1. The summed E-state index contributed by atoms with van der Waals surface area (Å²) in [5.74, 6) is -1.89. The molecule has 1 aromatic carbocycles. The molecular formula is C22H26FN5O3. The Kier molecular flexibility index (Phi) is 6.86. The Morgan fingerprint density at radius 3 is 2.81 bits per heavy atom. The van der Waals surface area contributed by atoms with Gasteiger partial charge in [-0.15, -0.1) is 0 Å². The van der Waals surface area contributed by atoms with Crippen LogP contribution in [-0.4, -0.2) is 48.4 Å². The van der Waals surface area contributed by atoms with Gasteiger partial charge in [0.15, 0.2) is 5.83 Å². The van der Waals surface area contributed by atoms with Gasteiger partial charge in [0.1, 0.15) is 5.84 Å². The number of ketones is 1. The lowest BCUT2D eigenvalue weighted by Crippen LogP contribution is -2.45. The zero-order chi connectivity index (χ0) is 22.5. The van der Waals surface area contributed by atoms with Crippen LogP contribution in [-0.2, 0) is 20.9 Å². The van der Waals surface area contributed by atoms with Gasteiger partial charge in [0.2, 0.25) is 12.0 Å². The maximum atomic E-state index is 14.2. The third-order valence-corrected chi connectivity index (χ3v) is 4.98. The largest absolute Gasteiger partial charge is 0.385 e. The molecule has 2 aliphatic rings. The normalized spacial score (nSPS) is 16.2. The Balaban J connectivity index is 1.74. The second-order valence-electron chi connectivity index (χ2n) is 7.09. The second-order valence-corrected chi connectivity index (χ2v) is 7.09. The first-order valence-electron chi connectivity index (χ1n) is 10.0. The first-order valence-corrected chi connectivity index (χ1v) is 10.0. The van der Waals surface area contributed by atoms with Crippen molar-refractivity contribution in [1.82, 2.24) is 10.2 Å². The van der Waals surface area contributed by atoms with E-state index in [1.54, 1.807) is 42.3 Å². The summed E-state index contributed by atoms with van der Waals surface area (Å²) < 4.78 is 19.8. The molecule has 0 spiro atoms. The number of carbonyl (C=O) groups is 2. The van der Waals surface area contributed by atoms with E-state index in [1.165, 1.54) is 6.08 Å². The smallest absolute Gasteiger partial charge is 0.270 e. The molecule has 1 aliphatic carbocycles. The summed E-state index contributed by atoms with van der Waals surface area (Å²) in [4.78, 5) is 26.1. The summed E-state index contributed by atoms with van der Waals surface area (Å²) >= 11 is 0. The number of nitrogens with zero attached hydrogens (tertiary/aromatic N) is 1. The van der Waals surface area contributed by atoms with Crippen LogP contribution in [0.1, 0.15) is 25.0 Å². The van der Waals surface area contributed by atoms with Crippen molar-refractivity contribution in [2.24, 2.45) is 5.73 Å². The van der Waals surface area contributed by atoms with E-state index in [9.17, 15) is 14.0 Å². The van der Waals surface area contributed by atoms with Gasteiger partial charge in [-0.3, -0.25) is 15.0 Å². The molecule has 0 saturated heterocycles. The summed E-state index contributed by atoms with van der Waals surface area (Å²) in [7, 11) is 0. The van der Waals surface area contributed by atoms with Crippen molar-refractivity contribution in [3.63, 3.8) is 0 Å². The van der Waals surface area contributed by atoms with Crippen molar-refractivity contribution < 1.29 is 18.7 Å². The first-order chi connectivity index (χ1) is 14.8. The fourth-order valence-electron chi connectivity index (χ4n) is 3.46. The van der Waals surface area contributed by atoms with Gasteiger partial charge in [0, 0.05) is 49.3 Å². The number of nitrogen functional groups attached to an aromatic ring is 1. The summed E-state index contributed by atoms with van der Waals surface area (Å²) in [5, 5.41) is 13.7. The molecule has 1 atom stereocenters. The van der Waals surface area contributed by atoms with Crippen molar-refractivity contribution in [2.45, 2.75) is 26.6 Å². The maximum Gasteiger partial charge on any atom is 0.270 e. The molecule has 164 valence electrons. The van der Waals surface area contributed by atoms with Crippen molar-refractivity contribution in [1.29, 1.82) is 5.41 Å². The first kappa shape index (κ1) is 22.2. The van der Waals surface area contributed by atoms with Gasteiger partial charge in [-0.05, 0) is 43.2 Å². The SMILES string of the molecule is CCNc1cc(C(=N)N)ccc1CNC(=O)C(OCC)N1C=C2C=CC(=O)C(F)=C2C1. The average molecular weight is 427 g/mol. The Morgan fingerprint density at radius 2 is 2.13 bits per heavy atom. The van der Waals surface area contributed by atoms with E-state index in [4.69, 9.17) is 15.9 Å². The number of ether oxygens (including phenoxy) is 1. The van der Waals surface area contributed by atoms with Crippen LogP contribution in [0.3, 0.4) is 0 Å². The zero-order valence-corrected chi connectivity index (χ0v) is 17.5. The molecule has 0 fully saturated rings. The van der Waals surface area contributed by atoms with Crippen LogP contribution in [0.5, 0.6) is 0 Å². The minimum absolute atomic E-state index is 0.0382. The standard InChI is InChI=1S/C22H26FN5O3/c1-3-26-17-9-13(20(24)25)5-6-14(17)10-27-21(30)22(31-4-2)28-11-15-7-8-18(29)19(23)16(15)12-28/h5-9,11,22,26H,3-4,10,12H2,1-2H3,(H3,24,25)(H,27,30). The predicted octanol–water partition coefficient (Wildman–Crippen LogP) is 1.94. The van der Waals surface area contributed by atoms with Crippen molar-refractivity contribution in [3.8, 4) is 0 Å².